The summed E-state index contributed by atoms with van der Waals surface area (Å²) in [7, 11) is 2.19. The van der Waals surface area contributed by atoms with Crippen LogP contribution in [0.5, 0.6) is 0 Å². The summed E-state index contributed by atoms with van der Waals surface area (Å²) in [6.45, 7) is 3.40. The minimum Gasteiger partial charge on any atom is -0.350 e. The van der Waals surface area contributed by atoms with Crippen molar-refractivity contribution in [3.05, 3.63) is 16.8 Å². The molecule has 1 atom stereocenters. The van der Waals surface area contributed by atoms with Gasteiger partial charge in [-0.3, -0.25) is 0 Å². The number of rotatable bonds is 1. The molecule has 0 N–H and O–H groups in total. The lowest BCUT2D eigenvalue weighted by Gasteiger charge is -2.36. The first-order chi connectivity index (χ1) is 8.24. The highest BCUT2D eigenvalue weighted by molar-refractivity contribution is 6.29. The standard InChI is InChI=1S/C12H17ClN4/c1-16-5-2-3-10(8-16)17-6-4-9-7-11(13)14-15-12(9)17/h7,10H,2-6,8H2,1H3/t10-/m1/s1. The van der Waals surface area contributed by atoms with Gasteiger partial charge in [0.15, 0.2) is 11.0 Å². The van der Waals surface area contributed by atoms with Gasteiger partial charge < -0.3 is 9.80 Å². The third-order valence-electron chi connectivity index (χ3n) is 3.76. The predicted octanol–water partition coefficient (Wildman–Crippen LogP) is 1.59. The highest BCUT2D eigenvalue weighted by Crippen LogP contribution is 2.30. The molecule has 1 aromatic heterocycles. The van der Waals surface area contributed by atoms with Crippen molar-refractivity contribution in [2.45, 2.75) is 25.3 Å². The molecular formula is C12H17ClN4. The number of likely N-dealkylation sites (N-methyl/N-ethyl adjacent to an activating group) is 1. The summed E-state index contributed by atoms with van der Waals surface area (Å²) in [5.74, 6) is 1.05. The Bertz CT molecular complexity index is 423. The second kappa shape index (κ2) is 4.42. The molecule has 92 valence electrons. The van der Waals surface area contributed by atoms with Crippen LogP contribution in [-0.4, -0.2) is 47.8 Å². The minimum atomic E-state index is 0.506. The van der Waals surface area contributed by atoms with Crippen molar-refractivity contribution in [1.29, 1.82) is 0 Å². The summed E-state index contributed by atoms with van der Waals surface area (Å²) in [5.41, 5.74) is 1.25. The molecule has 0 amide bonds. The number of piperidine rings is 1. The van der Waals surface area contributed by atoms with E-state index in [9.17, 15) is 0 Å². The maximum Gasteiger partial charge on any atom is 0.154 e. The molecule has 1 fully saturated rings. The molecule has 2 aliphatic heterocycles. The fraction of sp³-hybridized carbons (Fsp3) is 0.667. The van der Waals surface area contributed by atoms with Crippen LogP contribution in [-0.2, 0) is 6.42 Å². The Morgan fingerprint density at radius 2 is 2.24 bits per heavy atom. The van der Waals surface area contributed by atoms with E-state index in [2.05, 4.69) is 27.0 Å². The summed E-state index contributed by atoms with van der Waals surface area (Å²) >= 11 is 5.88. The second-order valence-corrected chi connectivity index (χ2v) is 5.40. The van der Waals surface area contributed by atoms with Gasteiger partial charge in [0.2, 0.25) is 0 Å². The molecule has 0 spiro atoms. The summed E-state index contributed by atoms with van der Waals surface area (Å²) in [6, 6.07) is 2.54. The zero-order valence-corrected chi connectivity index (χ0v) is 10.8. The van der Waals surface area contributed by atoms with E-state index in [0.717, 1.165) is 25.3 Å². The maximum atomic E-state index is 5.88. The van der Waals surface area contributed by atoms with Crippen LogP contribution >= 0.6 is 11.6 Å². The average molecular weight is 253 g/mol. The van der Waals surface area contributed by atoms with Crippen molar-refractivity contribution in [1.82, 2.24) is 15.1 Å². The highest BCUT2D eigenvalue weighted by atomic mass is 35.5. The van der Waals surface area contributed by atoms with Crippen LogP contribution in [0.25, 0.3) is 0 Å². The fourth-order valence-corrected chi connectivity index (χ4v) is 3.09. The van der Waals surface area contributed by atoms with Crippen molar-refractivity contribution in [2.75, 3.05) is 31.6 Å². The number of hydrogen-bond acceptors (Lipinski definition) is 4. The van der Waals surface area contributed by atoms with Crippen LogP contribution in [0.1, 0.15) is 18.4 Å². The lowest BCUT2D eigenvalue weighted by molar-refractivity contribution is 0.245. The van der Waals surface area contributed by atoms with E-state index in [1.807, 2.05) is 6.07 Å². The zero-order valence-electron chi connectivity index (χ0n) is 10.1. The molecule has 1 aromatic rings. The van der Waals surface area contributed by atoms with E-state index in [0.29, 0.717) is 11.2 Å². The van der Waals surface area contributed by atoms with Crippen molar-refractivity contribution >= 4 is 17.4 Å². The molecular weight excluding hydrogens is 236 g/mol. The first-order valence-electron chi connectivity index (χ1n) is 6.21. The summed E-state index contributed by atoms with van der Waals surface area (Å²) in [4.78, 5) is 4.81. The zero-order chi connectivity index (χ0) is 11.8. The van der Waals surface area contributed by atoms with Gasteiger partial charge in [-0.15, -0.1) is 10.2 Å². The molecule has 0 bridgehead atoms. The van der Waals surface area contributed by atoms with Gasteiger partial charge in [-0.2, -0.15) is 0 Å². The smallest absolute Gasteiger partial charge is 0.154 e. The lowest BCUT2D eigenvalue weighted by Crippen LogP contribution is -2.46. The number of nitrogens with zero attached hydrogens (tertiary/aromatic N) is 4. The van der Waals surface area contributed by atoms with Crippen molar-refractivity contribution in [3.8, 4) is 0 Å². The van der Waals surface area contributed by atoms with Gasteiger partial charge in [0, 0.05) is 24.7 Å². The molecule has 0 saturated carbocycles. The molecule has 2 aliphatic rings. The summed E-state index contributed by atoms with van der Waals surface area (Å²) < 4.78 is 0. The normalized spacial score (nSPS) is 25.1. The Kier molecular flexibility index (Phi) is 2.92. The minimum absolute atomic E-state index is 0.506. The largest absolute Gasteiger partial charge is 0.350 e. The third-order valence-corrected chi connectivity index (χ3v) is 3.94. The van der Waals surface area contributed by atoms with Gasteiger partial charge in [0.25, 0.3) is 0 Å². The van der Waals surface area contributed by atoms with Gasteiger partial charge >= 0.3 is 0 Å². The van der Waals surface area contributed by atoms with Gasteiger partial charge in [0.05, 0.1) is 0 Å². The Morgan fingerprint density at radius 3 is 3.06 bits per heavy atom. The second-order valence-electron chi connectivity index (χ2n) is 5.02. The fourth-order valence-electron chi connectivity index (χ4n) is 2.92. The summed E-state index contributed by atoms with van der Waals surface area (Å²) in [5, 5.41) is 8.75. The van der Waals surface area contributed by atoms with Crippen LogP contribution in [0.2, 0.25) is 5.15 Å². The van der Waals surface area contributed by atoms with E-state index < -0.39 is 0 Å². The predicted molar refractivity (Wildman–Crippen MR) is 68.6 cm³/mol. The molecule has 0 aromatic carbocycles. The van der Waals surface area contributed by atoms with E-state index in [-0.39, 0.29) is 0 Å². The van der Waals surface area contributed by atoms with Gasteiger partial charge in [-0.25, -0.2) is 0 Å². The number of aromatic nitrogens is 2. The van der Waals surface area contributed by atoms with Gasteiger partial charge in [-0.1, -0.05) is 11.6 Å². The van der Waals surface area contributed by atoms with Crippen molar-refractivity contribution < 1.29 is 0 Å². The third kappa shape index (κ3) is 2.11. The monoisotopic (exact) mass is 252 g/mol. The number of likely N-dealkylation sites (tertiary alicyclic amines) is 1. The average Bonchev–Trinajstić information content (AvgIpc) is 2.71. The molecule has 3 heterocycles. The molecule has 17 heavy (non-hydrogen) atoms. The van der Waals surface area contributed by atoms with E-state index in [4.69, 9.17) is 11.6 Å². The number of anilines is 1. The molecule has 4 nitrogen and oxygen atoms in total. The van der Waals surface area contributed by atoms with Gasteiger partial charge in [0.1, 0.15) is 0 Å². The van der Waals surface area contributed by atoms with E-state index in [1.165, 1.54) is 24.9 Å². The topological polar surface area (TPSA) is 32.3 Å². The molecule has 0 unspecified atom stereocenters. The van der Waals surface area contributed by atoms with Crippen LogP contribution in [0, 0.1) is 0 Å². The van der Waals surface area contributed by atoms with Crippen molar-refractivity contribution in [3.63, 3.8) is 0 Å². The number of fused-ring (bicyclic) bond motifs is 1. The highest BCUT2D eigenvalue weighted by Gasteiger charge is 2.30. The van der Waals surface area contributed by atoms with Crippen LogP contribution in [0.4, 0.5) is 5.82 Å². The summed E-state index contributed by atoms with van der Waals surface area (Å²) in [6.07, 6.45) is 3.58. The van der Waals surface area contributed by atoms with Crippen LogP contribution < -0.4 is 4.90 Å². The first-order valence-corrected chi connectivity index (χ1v) is 6.59. The van der Waals surface area contributed by atoms with Gasteiger partial charge in [-0.05, 0) is 38.9 Å². The van der Waals surface area contributed by atoms with E-state index >= 15 is 0 Å². The Labute approximate surface area is 107 Å². The first kappa shape index (κ1) is 11.2. The lowest BCUT2D eigenvalue weighted by atomic mass is 10.1. The Hall–Kier alpha value is -0.870. The number of hydrogen-bond donors (Lipinski definition) is 0. The Morgan fingerprint density at radius 1 is 1.35 bits per heavy atom. The molecule has 3 rings (SSSR count). The molecule has 0 aliphatic carbocycles. The molecule has 5 heteroatoms. The molecule has 1 saturated heterocycles. The van der Waals surface area contributed by atoms with Crippen LogP contribution in [0.3, 0.4) is 0 Å². The quantitative estimate of drug-likeness (QED) is 0.760. The van der Waals surface area contributed by atoms with E-state index in [1.54, 1.807) is 0 Å². The van der Waals surface area contributed by atoms with Crippen LogP contribution in [0.15, 0.2) is 6.07 Å². The molecule has 0 radical (unpaired) electrons. The Balaban J connectivity index is 1.83. The van der Waals surface area contributed by atoms with Crippen molar-refractivity contribution in [2.24, 2.45) is 0 Å². The SMILES string of the molecule is CN1CCC[C@@H](N2CCc3cc(Cl)nnc32)C1. The number of halogens is 1. The maximum absolute atomic E-state index is 5.88.